The van der Waals surface area contributed by atoms with E-state index in [4.69, 9.17) is 5.26 Å². The number of nitrogens with zero attached hydrogens (tertiary/aromatic N) is 1. The average Bonchev–Trinajstić information content (AvgIpc) is 2.05. The van der Waals surface area contributed by atoms with Crippen LogP contribution in [0.2, 0.25) is 0 Å². The van der Waals surface area contributed by atoms with Gasteiger partial charge in [-0.3, -0.25) is 0 Å². The van der Waals surface area contributed by atoms with E-state index in [2.05, 4.69) is 32.1 Å². The summed E-state index contributed by atoms with van der Waals surface area (Å²) < 4.78 is 0. The lowest BCUT2D eigenvalue weighted by Crippen LogP contribution is -2.26. The minimum absolute atomic E-state index is 0.0608. The summed E-state index contributed by atoms with van der Waals surface area (Å²) in [6, 6.07) is 2.47. The second kappa shape index (κ2) is 3.09. The van der Waals surface area contributed by atoms with Crippen molar-refractivity contribution in [3.63, 3.8) is 0 Å². The minimum atomic E-state index is -0.0608. The van der Waals surface area contributed by atoms with Gasteiger partial charge in [0.1, 0.15) is 0 Å². The highest BCUT2D eigenvalue weighted by atomic mass is 14.4. The first-order valence-electron chi connectivity index (χ1n) is 4.27. The third-order valence-corrected chi connectivity index (χ3v) is 2.73. The number of allylic oxidation sites excluding steroid dienone is 2. The Balaban J connectivity index is 2.77. The van der Waals surface area contributed by atoms with E-state index in [0.29, 0.717) is 5.92 Å². The first-order valence-corrected chi connectivity index (χ1v) is 4.27. The van der Waals surface area contributed by atoms with Crippen LogP contribution in [-0.4, -0.2) is 0 Å². The van der Waals surface area contributed by atoms with Crippen LogP contribution in [0.1, 0.15) is 33.1 Å². The summed E-state index contributed by atoms with van der Waals surface area (Å²) in [5.74, 6) is 0.484. The Morgan fingerprint density at radius 2 is 2.18 bits per heavy atom. The topological polar surface area (TPSA) is 23.8 Å². The van der Waals surface area contributed by atoms with Gasteiger partial charge in [0.25, 0.3) is 0 Å². The van der Waals surface area contributed by atoms with E-state index in [9.17, 15) is 0 Å². The fraction of sp³-hybridized carbons (Fsp3) is 0.700. The molecule has 0 aliphatic heterocycles. The maximum absolute atomic E-state index is 9.03. The Labute approximate surface area is 68.7 Å². The molecule has 0 amide bonds. The highest BCUT2D eigenvalue weighted by molar-refractivity contribution is 5.09. The SMILES string of the molecule is CC(C)[C@@]1(C#N)CC=CCC1. The Morgan fingerprint density at radius 1 is 1.45 bits per heavy atom. The zero-order valence-corrected chi connectivity index (χ0v) is 7.30. The fourth-order valence-electron chi connectivity index (χ4n) is 1.61. The van der Waals surface area contributed by atoms with Crippen molar-refractivity contribution in [1.29, 1.82) is 5.26 Å². The molecule has 0 aromatic heterocycles. The van der Waals surface area contributed by atoms with Crippen LogP contribution >= 0.6 is 0 Å². The predicted molar refractivity (Wildman–Crippen MR) is 45.9 cm³/mol. The highest BCUT2D eigenvalue weighted by Crippen LogP contribution is 2.38. The van der Waals surface area contributed by atoms with Gasteiger partial charge in [0.15, 0.2) is 0 Å². The van der Waals surface area contributed by atoms with Crippen molar-refractivity contribution < 1.29 is 0 Å². The van der Waals surface area contributed by atoms with Gasteiger partial charge in [0.2, 0.25) is 0 Å². The van der Waals surface area contributed by atoms with Crippen molar-refractivity contribution in [2.24, 2.45) is 11.3 Å². The molecule has 1 heteroatoms. The molecule has 1 atom stereocenters. The Morgan fingerprint density at radius 3 is 2.45 bits per heavy atom. The van der Waals surface area contributed by atoms with Crippen LogP contribution in [0.4, 0.5) is 0 Å². The van der Waals surface area contributed by atoms with Gasteiger partial charge in [-0.2, -0.15) is 5.26 Å². The molecule has 0 bridgehead atoms. The Bertz CT molecular complexity index is 197. The van der Waals surface area contributed by atoms with Gasteiger partial charge >= 0.3 is 0 Å². The van der Waals surface area contributed by atoms with Crippen LogP contribution < -0.4 is 0 Å². The highest BCUT2D eigenvalue weighted by Gasteiger charge is 2.33. The maximum Gasteiger partial charge on any atom is 0.0695 e. The van der Waals surface area contributed by atoms with E-state index in [0.717, 1.165) is 19.3 Å². The normalized spacial score (nSPS) is 30.4. The van der Waals surface area contributed by atoms with E-state index in [1.807, 2.05) is 0 Å². The maximum atomic E-state index is 9.03. The van der Waals surface area contributed by atoms with Crippen LogP contribution in [0, 0.1) is 22.7 Å². The smallest absolute Gasteiger partial charge is 0.0695 e. The molecule has 0 saturated carbocycles. The average molecular weight is 149 g/mol. The van der Waals surface area contributed by atoms with Crippen molar-refractivity contribution in [1.82, 2.24) is 0 Å². The Kier molecular flexibility index (Phi) is 2.34. The van der Waals surface area contributed by atoms with E-state index in [-0.39, 0.29) is 5.41 Å². The van der Waals surface area contributed by atoms with Gasteiger partial charge in [-0.15, -0.1) is 0 Å². The quantitative estimate of drug-likeness (QED) is 0.526. The summed E-state index contributed by atoms with van der Waals surface area (Å²) in [6.07, 6.45) is 7.38. The van der Waals surface area contributed by atoms with Crippen molar-refractivity contribution in [3.8, 4) is 6.07 Å². The third kappa shape index (κ3) is 1.45. The van der Waals surface area contributed by atoms with E-state index in [1.165, 1.54) is 0 Å². The van der Waals surface area contributed by atoms with Gasteiger partial charge in [-0.1, -0.05) is 26.0 Å². The zero-order chi connectivity index (χ0) is 8.32. The first-order chi connectivity index (χ1) is 5.21. The summed E-state index contributed by atoms with van der Waals surface area (Å²) in [4.78, 5) is 0. The molecule has 0 spiro atoms. The molecule has 60 valence electrons. The van der Waals surface area contributed by atoms with Crippen molar-refractivity contribution in [2.75, 3.05) is 0 Å². The summed E-state index contributed by atoms with van der Waals surface area (Å²) in [5.41, 5.74) is -0.0608. The molecule has 1 aliphatic rings. The molecule has 0 aromatic carbocycles. The summed E-state index contributed by atoms with van der Waals surface area (Å²) >= 11 is 0. The first kappa shape index (κ1) is 8.33. The molecule has 0 N–H and O–H groups in total. The number of hydrogen-bond donors (Lipinski definition) is 0. The second-order valence-corrected chi connectivity index (χ2v) is 3.64. The largest absolute Gasteiger partial charge is 0.198 e. The number of hydrogen-bond acceptors (Lipinski definition) is 1. The van der Waals surface area contributed by atoms with Crippen LogP contribution in [-0.2, 0) is 0 Å². The number of rotatable bonds is 1. The third-order valence-electron chi connectivity index (χ3n) is 2.73. The van der Waals surface area contributed by atoms with E-state index >= 15 is 0 Å². The zero-order valence-electron chi connectivity index (χ0n) is 7.30. The van der Waals surface area contributed by atoms with Gasteiger partial charge < -0.3 is 0 Å². The molecule has 0 heterocycles. The lowest BCUT2D eigenvalue weighted by molar-refractivity contribution is 0.252. The molecule has 1 nitrogen and oxygen atoms in total. The fourth-order valence-corrected chi connectivity index (χ4v) is 1.61. The minimum Gasteiger partial charge on any atom is -0.198 e. The molecule has 0 fully saturated rings. The van der Waals surface area contributed by atoms with E-state index in [1.54, 1.807) is 0 Å². The second-order valence-electron chi connectivity index (χ2n) is 3.64. The van der Waals surface area contributed by atoms with Gasteiger partial charge in [-0.05, 0) is 25.2 Å². The van der Waals surface area contributed by atoms with Crippen LogP contribution in [0.3, 0.4) is 0 Å². The monoisotopic (exact) mass is 149 g/mol. The molecule has 1 rings (SSSR count). The van der Waals surface area contributed by atoms with E-state index < -0.39 is 0 Å². The summed E-state index contributed by atoms with van der Waals surface area (Å²) in [6.45, 7) is 4.28. The lowest BCUT2D eigenvalue weighted by atomic mass is 9.70. The molecular formula is C10H15N. The molecule has 11 heavy (non-hydrogen) atoms. The number of nitriles is 1. The molecule has 1 aliphatic carbocycles. The molecule has 0 saturated heterocycles. The predicted octanol–water partition coefficient (Wildman–Crippen LogP) is 2.89. The van der Waals surface area contributed by atoms with Crippen molar-refractivity contribution in [2.45, 2.75) is 33.1 Å². The lowest BCUT2D eigenvalue weighted by Gasteiger charge is -2.31. The summed E-state index contributed by atoms with van der Waals surface area (Å²) in [5, 5.41) is 9.03. The van der Waals surface area contributed by atoms with Crippen molar-refractivity contribution in [3.05, 3.63) is 12.2 Å². The standard InChI is InChI=1S/C10H15N/c1-9(2)10(8-11)6-4-3-5-7-10/h3-4,9H,5-7H2,1-2H3/t10-/m0/s1. The molecule has 0 radical (unpaired) electrons. The van der Waals surface area contributed by atoms with Crippen LogP contribution in [0.15, 0.2) is 12.2 Å². The molecule has 0 unspecified atom stereocenters. The Hall–Kier alpha value is -0.770. The van der Waals surface area contributed by atoms with Crippen molar-refractivity contribution >= 4 is 0 Å². The van der Waals surface area contributed by atoms with Gasteiger partial charge in [0.05, 0.1) is 11.5 Å². The van der Waals surface area contributed by atoms with Crippen LogP contribution in [0.5, 0.6) is 0 Å². The molecular weight excluding hydrogens is 134 g/mol. The van der Waals surface area contributed by atoms with Gasteiger partial charge in [0, 0.05) is 0 Å². The van der Waals surface area contributed by atoms with Crippen LogP contribution in [0.25, 0.3) is 0 Å². The molecule has 0 aromatic rings. The summed E-state index contributed by atoms with van der Waals surface area (Å²) in [7, 11) is 0. The van der Waals surface area contributed by atoms with Gasteiger partial charge in [-0.25, -0.2) is 0 Å².